The summed E-state index contributed by atoms with van der Waals surface area (Å²) in [6.07, 6.45) is 0. The smallest absolute Gasteiger partial charge is 0.268 e. The molecule has 0 spiro atoms. The summed E-state index contributed by atoms with van der Waals surface area (Å²) in [5, 5.41) is 0. The first kappa shape index (κ1) is 10.5. The lowest BCUT2D eigenvalue weighted by atomic mass is 10.3. The van der Waals surface area contributed by atoms with E-state index in [0.717, 1.165) is 6.07 Å². The second-order valence-electron chi connectivity index (χ2n) is 2.84. The largest absolute Gasteiger partial charge is 0.486 e. The minimum absolute atomic E-state index is 0.156. The van der Waals surface area contributed by atoms with E-state index >= 15 is 0 Å². The SMILES string of the molecule is O=S(=O)(Cl)c1c(F)ccc2c1OCCO2. The standard InChI is InChI=1S/C8H6ClFO4S/c9-15(11,12)8-5(10)1-2-6-7(8)14-4-3-13-6/h1-2H,3-4H2. The van der Waals surface area contributed by atoms with E-state index in [1.165, 1.54) is 6.07 Å². The average Bonchev–Trinajstić information content (AvgIpc) is 2.15. The van der Waals surface area contributed by atoms with Gasteiger partial charge in [-0.2, -0.15) is 0 Å². The molecule has 7 heteroatoms. The lowest BCUT2D eigenvalue weighted by Crippen LogP contribution is -2.17. The predicted octanol–water partition coefficient (Wildman–Crippen LogP) is 1.52. The minimum atomic E-state index is -4.18. The lowest BCUT2D eigenvalue weighted by Gasteiger charge is -2.19. The number of benzene rings is 1. The summed E-state index contributed by atoms with van der Waals surface area (Å²) in [5.41, 5.74) is 0. The zero-order chi connectivity index (χ0) is 11.1. The summed E-state index contributed by atoms with van der Waals surface area (Å²) < 4.78 is 45.6. The Morgan fingerprint density at radius 1 is 1.27 bits per heavy atom. The van der Waals surface area contributed by atoms with Gasteiger partial charge in [0.25, 0.3) is 9.05 Å². The molecule has 0 atom stereocenters. The number of hydrogen-bond acceptors (Lipinski definition) is 4. The molecule has 0 radical (unpaired) electrons. The van der Waals surface area contributed by atoms with Gasteiger partial charge in [0.2, 0.25) is 0 Å². The molecule has 2 rings (SSSR count). The normalized spacial score (nSPS) is 15.1. The van der Waals surface area contributed by atoms with Crippen molar-refractivity contribution in [3.63, 3.8) is 0 Å². The maximum absolute atomic E-state index is 13.3. The molecule has 0 saturated heterocycles. The number of fused-ring (bicyclic) bond motifs is 1. The minimum Gasteiger partial charge on any atom is -0.486 e. The first-order valence-electron chi connectivity index (χ1n) is 4.03. The van der Waals surface area contributed by atoms with E-state index in [4.69, 9.17) is 20.2 Å². The highest BCUT2D eigenvalue weighted by molar-refractivity contribution is 8.13. The second-order valence-corrected chi connectivity index (χ2v) is 5.34. The fourth-order valence-corrected chi connectivity index (χ4v) is 2.41. The molecule has 0 amide bonds. The molecule has 4 nitrogen and oxygen atoms in total. The van der Waals surface area contributed by atoms with Crippen LogP contribution in [-0.2, 0) is 9.05 Å². The zero-order valence-electron chi connectivity index (χ0n) is 7.37. The topological polar surface area (TPSA) is 52.6 Å². The van der Waals surface area contributed by atoms with Crippen LogP contribution < -0.4 is 9.47 Å². The summed E-state index contributed by atoms with van der Waals surface area (Å²) in [6.45, 7) is 0.455. The molecule has 0 N–H and O–H groups in total. The molecule has 0 fully saturated rings. The highest BCUT2D eigenvalue weighted by Crippen LogP contribution is 2.39. The summed E-state index contributed by atoms with van der Waals surface area (Å²) in [4.78, 5) is -0.665. The molecule has 1 aromatic rings. The maximum Gasteiger partial charge on any atom is 0.268 e. The fourth-order valence-electron chi connectivity index (χ4n) is 1.29. The zero-order valence-corrected chi connectivity index (χ0v) is 8.94. The Balaban J connectivity index is 2.71. The lowest BCUT2D eigenvalue weighted by molar-refractivity contribution is 0.165. The van der Waals surface area contributed by atoms with Crippen LogP contribution in [0.4, 0.5) is 4.39 Å². The quantitative estimate of drug-likeness (QED) is 0.711. The van der Waals surface area contributed by atoms with Gasteiger partial charge in [-0.15, -0.1) is 0 Å². The molecular weight excluding hydrogens is 247 g/mol. The fraction of sp³-hybridized carbons (Fsp3) is 0.250. The number of hydrogen-bond donors (Lipinski definition) is 0. The Morgan fingerprint density at radius 2 is 1.93 bits per heavy atom. The first-order valence-corrected chi connectivity index (χ1v) is 6.34. The van der Waals surface area contributed by atoms with Crippen LogP contribution >= 0.6 is 10.7 Å². The summed E-state index contributed by atoms with van der Waals surface area (Å²) in [5.74, 6) is -0.924. The number of ether oxygens (including phenoxy) is 2. The van der Waals surface area contributed by atoms with Crippen LogP contribution in [0.5, 0.6) is 11.5 Å². The summed E-state index contributed by atoms with van der Waals surface area (Å²) in [6, 6.07) is 2.28. The van der Waals surface area contributed by atoms with Crippen molar-refractivity contribution in [3.8, 4) is 11.5 Å². The van der Waals surface area contributed by atoms with Gasteiger partial charge in [0.15, 0.2) is 16.4 Å². The molecule has 0 bridgehead atoms. The van der Waals surface area contributed by atoms with Crippen molar-refractivity contribution in [2.75, 3.05) is 13.2 Å². The van der Waals surface area contributed by atoms with Crippen molar-refractivity contribution in [2.45, 2.75) is 4.90 Å². The molecular formula is C8H6ClFO4S. The van der Waals surface area contributed by atoms with Gasteiger partial charge < -0.3 is 9.47 Å². The Morgan fingerprint density at radius 3 is 2.60 bits per heavy atom. The van der Waals surface area contributed by atoms with Crippen molar-refractivity contribution in [3.05, 3.63) is 17.9 Å². The first-order chi connectivity index (χ1) is 7.00. The molecule has 1 aliphatic rings. The predicted molar refractivity (Wildman–Crippen MR) is 50.4 cm³/mol. The Hall–Kier alpha value is -1.01. The molecule has 1 aromatic carbocycles. The van der Waals surface area contributed by atoms with E-state index in [1.807, 2.05) is 0 Å². The van der Waals surface area contributed by atoms with Crippen molar-refractivity contribution in [1.82, 2.24) is 0 Å². The van der Waals surface area contributed by atoms with Gasteiger partial charge in [-0.25, -0.2) is 12.8 Å². The van der Waals surface area contributed by atoms with Gasteiger partial charge in [-0.1, -0.05) is 0 Å². The Bertz CT molecular complexity index is 500. The van der Waals surface area contributed by atoms with Gasteiger partial charge in [0.1, 0.15) is 19.0 Å². The van der Waals surface area contributed by atoms with Gasteiger partial charge >= 0.3 is 0 Å². The van der Waals surface area contributed by atoms with Gasteiger partial charge in [0, 0.05) is 10.7 Å². The van der Waals surface area contributed by atoms with E-state index in [1.54, 1.807) is 0 Å². The summed E-state index contributed by atoms with van der Waals surface area (Å²) in [7, 11) is 0.915. The van der Waals surface area contributed by atoms with Crippen LogP contribution in [0.3, 0.4) is 0 Å². The second kappa shape index (κ2) is 3.53. The molecule has 15 heavy (non-hydrogen) atoms. The van der Waals surface area contributed by atoms with Crippen LogP contribution in [0.1, 0.15) is 0 Å². The highest BCUT2D eigenvalue weighted by Gasteiger charge is 2.27. The molecule has 0 unspecified atom stereocenters. The van der Waals surface area contributed by atoms with Crippen molar-refractivity contribution in [2.24, 2.45) is 0 Å². The highest BCUT2D eigenvalue weighted by atomic mass is 35.7. The van der Waals surface area contributed by atoms with Crippen LogP contribution in [0, 0.1) is 5.82 Å². The van der Waals surface area contributed by atoms with Gasteiger partial charge in [0.05, 0.1) is 0 Å². The third-order valence-corrected chi connectivity index (χ3v) is 3.19. The van der Waals surface area contributed by atoms with Crippen LogP contribution in [-0.4, -0.2) is 21.6 Å². The van der Waals surface area contributed by atoms with E-state index in [-0.39, 0.29) is 18.1 Å². The third-order valence-electron chi connectivity index (χ3n) is 1.86. The van der Waals surface area contributed by atoms with E-state index in [2.05, 4.69) is 0 Å². The number of rotatable bonds is 1. The van der Waals surface area contributed by atoms with Crippen LogP contribution in [0.15, 0.2) is 17.0 Å². The number of halogens is 2. The Labute approximate surface area is 90.0 Å². The maximum atomic E-state index is 13.3. The molecule has 1 aliphatic heterocycles. The van der Waals surface area contributed by atoms with Crippen LogP contribution in [0.2, 0.25) is 0 Å². The molecule has 0 saturated carbocycles. The van der Waals surface area contributed by atoms with E-state index in [0.29, 0.717) is 6.61 Å². The molecule has 0 aliphatic carbocycles. The molecule has 1 heterocycles. The van der Waals surface area contributed by atoms with E-state index < -0.39 is 19.8 Å². The monoisotopic (exact) mass is 252 g/mol. The molecule has 82 valence electrons. The average molecular weight is 253 g/mol. The van der Waals surface area contributed by atoms with Crippen LogP contribution in [0.25, 0.3) is 0 Å². The van der Waals surface area contributed by atoms with Gasteiger partial charge in [-0.05, 0) is 12.1 Å². The Kier molecular flexibility index (Phi) is 2.47. The third kappa shape index (κ3) is 1.87. The van der Waals surface area contributed by atoms with Gasteiger partial charge in [-0.3, -0.25) is 0 Å². The van der Waals surface area contributed by atoms with E-state index in [9.17, 15) is 12.8 Å². The molecule has 0 aromatic heterocycles. The van der Waals surface area contributed by atoms with Crippen molar-refractivity contribution < 1.29 is 22.3 Å². The van der Waals surface area contributed by atoms with Crippen molar-refractivity contribution >= 4 is 19.7 Å². The van der Waals surface area contributed by atoms with Crippen molar-refractivity contribution in [1.29, 1.82) is 0 Å². The summed E-state index contributed by atoms with van der Waals surface area (Å²) >= 11 is 0.